The van der Waals surface area contributed by atoms with E-state index < -0.39 is 17.2 Å². The number of carbonyl (C=O) groups is 1. The van der Waals surface area contributed by atoms with Crippen molar-refractivity contribution >= 4 is 45.3 Å². The van der Waals surface area contributed by atoms with Gasteiger partial charge in [-0.1, -0.05) is 29.8 Å². The van der Waals surface area contributed by atoms with Crippen LogP contribution in [0.25, 0.3) is 33.3 Å². The van der Waals surface area contributed by atoms with Gasteiger partial charge in [-0.25, -0.2) is 4.39 Å². The fraction of sp³-hybridized carbons (Fsp3) is 0.235. The molecule has 1 saturated heterocycles. The maximum Gasteiger partial charge on any atom is 0.308 e. The number of esters is 1. The molecule has 6 nitrogen and oxygen atoms in total. The first-order valence-corrected chi connectivity index (χ1v) is 16.0. The van der Waals surface area contributed by atoms with Gasteiger partial charge in [0.25, 0.3) is 0 Å². The van der Waals surface area contributed by atoms with E-state index in [9.17, 15) is 19.0 Å². The minimum Gasteiger partial charge on any atom is -0.587 e. The molecule has 0 aliphatic carbocycles. The van der Waals surface area contributed by atoms with Gasteiger partial charge in [0.05, 0.1) is 18.5 Å². The number of anilines is 1. The van der Waals surface area contributed by atoms with Crippen LogP contribution in [0, 0.1) is 30.0 Å². The second kappa shape index (κ2) is 11.9. The SMILES string of the molecule is COC(=O)C1CCN(c2cccc(-c3c(-c4ccsc4C#N)c4cc(F)ccc4n3[S@+]([O-])c3ccc(C)cc3)c2)C(C)C1. The summed E-state index contributed by atoms with van der Waals surface area (Å²) < 4.78 is 36.0. The van der Waals surface area contributed by atoms with Crippen molar-refractivity contribution < 1.29 is 18.5 Å². The van der Waals surface area contributed by atoms with Gasteiger partial charge in [-0.2, -0.15) is 9.23 Å². The third-order valence-corrected chi connectivity index (χ3v) is 10.4. The quantitative estimate of drug-likeness (QED) is 0.145. The van der Waals surface area contributed by atoms with E-state index in [1.807, 2.05) is 60.8 Å². The number of rotatable bonds is 6. The van der Waals surface area contributed by atoms with Crippen LogP contribution in [0.4, 0.5) is 10.1 Å². The van der Waals surface area contributed by atoms with Crippen molar-refractivity contribution in [2.24, 2.45) is 5.92 Å². The number of aromatic nitrogens is 1. The van der Waals surface area contributed by atoms with Crippen LogP contribution in [0.3, 0.4) is 0 Å². The summed E-state index contributed by atoms with van der Waals surface area (Å²) in [4.78, 5) is 15.6. The van der Waals surface area contributed by atoms with Crippen LogP contribution in [-0.4, -0.2) is 34.2 Å². The Morgan fingerprint density at radius 2 is 1.93 bits per heavy atom. The summed E-state index contributed by atoms with van der Waals surface area (Å²) in [5.41, 5.74) is 5.41. The van der Waals surface area contributed by atoms with E-state index in [0.29, 0.717) is 56.9 Å². The minimum absolute atomic E-state index is 0.0938. The molecule has 0 amide bonds. The van der Waals surface area contributed by atoms with E-state index in [1.54, 1.807) is 10.0 Å². The molecule has 0 saturated carbocycles. The molecule has 3 aromatic carbocycles. The first kappa shape index (κ1) is 29.0. The van der Waals surface area contributed by atoms with Gasteiger partial charge < -0.3 is 14.2 Å². The van der Waals surface area contributed by atoms with Gasteiger partial charge in [-0.05, 0) is 80.6 Å². The molecule has 1 aliphatic heterocycles. The molecule has 2 unspecified atom stereocenters. The lowest BCUT2D eigenvalue weighted by Crippen LogP contribution is -2.43. The van der Waals surface area contributed by atoms with Gasteiger partial charge >= 0.3 is 5.97 Å². The molecular weight excluding hydrogens is 582 g/mol. The topological polar surface area (TPSA) is 81.3 Å². The van der Waals surface area contributed by atoms with Crippen LogP contribution in [0.5, 0.6) is 0 Å². The molecule has 6 rings (SSSR count). The molecule has 0 bridgehead atoms. The Kier molecular flexibility index (Phi) is 8.01. The van der Waals surface area contributed by atoms with Crippen LogP contribution in [-0.2, 0) is 20.9 Å². The zero-order chi connectivity index (χ0) is 30.2. The molecule has 0 N–H and O–H groups in total. The highest BCUT2D eigenvalue weighted by Gasteiger charge is 2.33. The average Bonchev–Trinajstić information content (AvgIpc) is 3.62. The van der Waals surface area contributed by atoms with E-state index in [4.69, 9.17) is 4.74 Å². The second-order valence-electron chi connectivity index (χ2n) is 10.9. The van der Waals surface area contributed by atoms with E-state index in [2.05, 4.69) is 24.0 Å². The highest BCUT2D eigenvalue weighted by Crippen LogP contribution is 2.46. The number of nitrogens with zero attached hydrogens (tertiary/aromatic N) is 3. The third-order valence-electron chi connectivity index (χ3n) is 8.17. The molecule has 3 atom stereocenters. The second-order valence-corrected chi connectivity index (χ2v) is 13.1. The molecule has 5 aromatic rings. The maximum atomic E-state index is 14.8. The lowest BCUT2D eigenvalue weighted by molar-refractivity contribution is -0.146. The van der Waals surface area contributed by atoms with Crippen LogP contribution >= 0.6 is 11.3 Å². The predicted octanol–water partition coefficient (Wildman–Crippen LogP) is 7.70. The van der Waals surface area contributed by atoms with E-state index in [0.717, 1.165) is 16.8 Å². The van der Waals surface area contributed by atoms with Gasteiger partial charge in [-0.15, -0.1) is 11.3 Å². The number of carbonyl (C=O) groups excluding carboxylic acids is 1. The van der Waals surface area contributed by atoms with E-state index in [1.165, 1.54) is 30.6 Å². The van der Waals surface area contributed by atoms with Crippen molar-refractivity contribution in [1.82, 2.24) is 3.97 Å². The Morgan fingerprint density at radius 3 is 2.65 bits per heavy atom. The summed E-state index contributed by atoms with van der Waals surface area (Å²) in [6, 6.07) is 24.3. The van der Waals surface area contributed by atoms with Gasteiger partial charge in [-0.3, -0.25) is 4.79 Å². The molecule has 2 aromatic heterocycles. The van der Waals surface area contributed by atoms with Crippen molar-refractivity contribution in [3.63, 3.8) is 0 Å². The monoisotopic (exact) mass is 611 g/mol. The number of hydrogen-bond acceptors (Lipinski definition) is 6. The standard InChI is InChI=1S/C34H30FN3O3S2/c1-21-7-10-27(11-8-21)43(40)38-30-12-9-25(35)19-29(30)32(28-14-16-42-31(28)20-36)33(38)23-5-4-6-26(18-23)37-15-13-24(17-22(37)2)34(39)41-3/h4-12,14,16,18-19,22,24H,13,15,17H2,1-3H3/t22?,24?,43-/m1/s1. The van der Waals surface area contributed by atoms with Crippen molar-refractivity contribution in [1.29, 1.82) is 5.26 Å². The largest absolute Gasteiger partial charge is 0.587 e. The van der Waals surface area contributed by atoms with Gasteiger partial charge in [0.1, 0.15) is 33.8 Å². The van der Waals surface area contributed by atoms with E-state index in [-0.39, 0.29) is 17.9 Å². The Hall–Kier alpha value is -4.10. The number of halogens is 1. The molecule has 9 heteroatoms. The van der Waals surface area contributed by atoms with Crippen molar-refractivity contribution in [2.75, 3.05) is 18.6 Å². The number of fused-ring (bicyclic) bond motifs is 1. The van der Waals surface area contributed by atoms with Gasteiger partial charge in [0.15, 0.2) is 4.90 Å². The fourth-order valence-corrected chi connectivity index (χ4v) is 8.03. The molecule has 0 radical (unpaired) electrons. The number of thiophene rings is 1. The van der Waals surface area contributed by atoms with Crippen LogP contribution < -0.4 is 4.90 Å². The molecular formula is C34H30FN3O3S2. The summed E-state index contributed by atoms with van der Waals surface area (Å²) in [5.74, 6) is -0.726. The molecule has 218 valence electrons. The van der Waals surface area contributed by atoms with Crippen molar-refractivity contribution in [2.45, 2.75) is 37.6 Å². The predicted molar refractivity (Wildman–Crippen MR) is 170 cm³/mol. The van der Waals surface area contributed by atoms with E-state index >= 15 is 0 Å². The summed E-state index contributed by atoms with van der Waals surface area (Å²) in [6.07, 6.45) is 1.36. The smallest absolute Gasteiger partial charge is 0.308 e. The molecule has 1 aliphatic rings. The summed E-state index contributed by atoms with van der Waals surface area (Å²) in [5, 5.41) is 12.4. The molecule has 43 heavy (non-hydrogen) atoms. The summed E-state index contributed by atoms with van der Waals surface area (Å²) >= 11 is -0.356. The first-order chi connectivity index (χ1) is 20.8. The highest BCUT2D eigenvalue weighted by molar-refractivity contribution is 7.90. The summed E-state index contributed by atoms with van der Waals surface area (Å²) in [6.45, 7) is 4.76. The summed E-state index contributed by atoms with van der Waals surface area (Å²) in [7, 11) is 1.43. The van der Waals surface area contributed by atoms with Crippen LogP contribution in [0.2, 0.25) is 0 Å². The number of benzene rings is 3. The number of piperidine rings is 1. The average molecular weight is 612 g/mol. The number of aryl methyl sites for hydroxylation is 1. The Morgan fingerprint density at radius 1 is 1.14 bits per heavy atom. The Bertz CT molecular complexity index is 1860. The third kappa shape index (κ3) is 5.31. The van der Waals surface area contributed by atoms with Crippen LogP contribution in [0.15, 0.2) is 83.1 Å². The number of hydrogen-bond donors (Lipinski definition) is 0. The minimum atomic E-state index is -1.68. The normalized spacial score (nSPS) is 17.5. The maximum absolute atomic E-state index is 14.8. The zero-order valence-corrected chi connectivity index (χ0v) is 25.7. The molecule has 0 spiro atoms. The Labute approximate surface area is 257 Å². The number of ether oxygens (including phenoxy) is 1. The van der Waals surface area contributed by atoms with Crippen molar-refractivity contribution in [3.05, 3.63) is 94.4 Å². The van der Waals surface area contributed by atoms with Gasteiger partial charge in [0, 0.05) is 40.4 Å². The highest BCUT2D eigenvalue weighted by atomic mass is 32.2. The lowest BCUT2D eigenvalue weighted by atomic mass is 9.91. The van der Waals surface area contributed by atoms with Gasteiger partial charge in [0.2, 0.25) is 0 Å². The molecule has 3 heterocycles. The zero-order valence-electron chi connectivity index (χ0n) is 24.0. The fourth-order valence-electron chi connectivity index (χ4n) is 6.06. The number of nitriles is 1. The number of methoxy groups -OCH3 is 1. The first-order valence-electron chi connectivity index (χ1n) is 14.1. The van der Waals surface area contributed by atoms with Crippen LogP contribution in [0.1, 0.15) is 30.2 Å². The molecule has 1 fully saturated rings. The van der Waals surface area contributed by atoms with Crippen molar-refractivity contribution in [3.8, 4) is 28.5 Å². The lowest BCUT2D eigenvalue weighted by Gasteiger charge is -2.38. The Balaban J connectivity index is 1.57.